The third-order valence-corrected chi connectivity index (χ3v) is 5.84. The number of aromatic nitrogens is 2. The molecule has 7 heteroatoms. The summed E-state index contributed by atoms with van der Waals surface area (Å²) in [5.41, 5.74) is 10.5. The second-order valence-electron chi connectivity index (χ2n) is 7.48. The summed E-state index contributed by atoms with van der Waals surface area (Å²) in [6, 6.07) is 14.3. The number of nitrogens with zero attached hydrogens (tertiary/aromatic N) is 3. The molecule has 0 fully saturated rings. The largest absolute Gasteiger partial charge is 0.490 e. The molecule has 1 aliphatic carbocycles. The Labute approximate surface area is 187 Å². The van der Waals surface area contributed by atoms with Gasteiger partial charge in [-0.2, -0.15) is 5.26 Å². The van der Waals surface area contributed by atoms with Gasteiger partial charge in [0.05, 0.1) is 18.3 Å². The fourth-order valence-electron chi connectivity index (χ4n) is 3.49. The zero-order valence-electron chi connectivity index (χ0n) is 18.2. The highest BCUT2D eigenvalue weighted by molar-refractivity contribution is 7.17. The zero-order chi connectivity index (χ0) is 22.2. The number of nitrogens with two attached hydrogens (primary N) is 1. The van der Waals surface area contributed by atoms with E-state index in [9.17, 15) is 5.26 Å². The average molecular weight is 437 g/mol. The average Bonchev–Trinajstić information content (AvgIpc) is 3.44. The predicted octanol–water partition coefficient (Wildman–Crippen LogP) is 4.61. The monoisotopic (exact) mass is 436 g/mol. The highest BCUT2D eigenvalue weighted by atomic mass is 32.1. The third-order valence-electron chi connectivity index (χ3n) is 4.83. The van der Waals surface area contributed by atoms with E-state index in [-0.39, 0.29) is 6.10 Å². The molecule has 0 aliphatic heterocycles. The fourth-order valence-corrected chi connectivity index (χ4v) is 4.39. The number of ether oxygens (including phenoxy) is 2. The standard InChI is InChI=1S/C21H19N3OS.C3H9NO/c1-13(2)25-19-10-9-15(11-16(19)12-22)20-23-24-21(26-20)18-8-4-6-14-5-3-7-17(14)18;1-5-3-2-4/h4,6,8-11,13H,3,5,7H2,1-2H3;2-4H2,1H3. The molecular weight excluding hydrogens is 408 g/mol. The topological polar surface area (TPSA) is 94.0 Å². The predicted molar refractivity (Wildman–Crippen MR) is 124 cm³/mol. The van der Waals surface area contributed by atoms with Gasteiger partial charge in [0.15, 0.2) is 0 Å². The first-order valence-corrected chi connectivity index (χ1v) is 11.2. The minimum atomic E-state index is 0.0289. The van der Waals surface area contributed by atoms with Crippen molar-refractivity contribution in [3.8, 4) is 33.0 Å². The maximum absolute atomic E-state index is 9.43. The Morgan fingerprint density at radius 3 is 2.65 bits per heavy atom. The number of rotatable bonds is 6. The Bertz CT molecular complexity index is 1050. The zero-order valence-corrected chi connectivity index (χ0v) is 19.0. The van der Waals surface area contributed by atoms with Crippen molar-refractivity contribution < 1.29 is 9.47 Å². The summed E-state index contributed by atoms with van der Waals surface area (Å²) < 4.78 is 10.3. The lowest BCUT2D eigenvalue weighted by atomic mass is 10.0. The van der Waals surface area contributed by atoms with Crippen molar-refractivity contribution in [2.24, 2.45) is 5.73 Å². The van der Waals surface area contributed by atoms with Crippen molar-refractivity contribution in [1.82, 2.24) is 10.2 Å². The van der Waals surface area contributed by atoms with E-state index in [1.807, 2.05) is 32.0 Å². The van der Waals surface area contributed by atoms with E-state index in [1.165, 1.54) is 23.1 Å². The van der Waals surface area contributed by atoms with Crippen LogP contribution in [0, 0.1) is 11.3 Å². The second kappa shape index (κ2) is 11.0. The van der Waals surface area contributed by atoms with E-state index < -0.39 is 0 Å². The molecule has 0 unspecified atom stereocenters. The second-order valence-corrected chi connectivity index (χ2v) is 8.46. The van der Waals surface area contributed by atoms with Crippen molar-refractivity contribution in [2.45, 2.75) is 39.2 Å². The number of hydrogen-bond acceptors (Lipinski definition) is 7. The van der Waals surface area contributed by atoms with E-state index >= 15 is 0 Å². The van der Waals surface area contributed by atoms with Gasteiger partial charge < -0.3 is 15.2 Å². The molecule has 1 aliphatic rings. The van der Waals surface area contributed by atoms with Crippen molar-refractivity contribution in [3.05, 3.63) is 53.1 Å². The van der Waals surface area contributed by atoms with Crippen LogP contribution in [0.2, 0.25) is 0 Å². The number of aryl methyl sites for hydroxylation is 1. The first-order valence-electron chi connectivity index (χ1n) is 10.4. The Kier molecular flexibility index (Phi) is 8.13. The highest BCUT2D eigenvalue weighted by Gasteiger charge is 2.18. The molecule has 3 aromatic rings. The molecule has 31 heavy (non-hydrogen) atoms. The van der Waals surface area contributed by atoms with Gasteiger partial charge in [0, 0.05) is 24.8 Å². The minimum Gasteiger partial charge on any atom is -0.490 e. The van der Waals surface area contributed by atoms with E-state index in [0.717, 1.165) is 28.4 Å². The van der Waals surface area contributed by atoms with Crippen molar-refractivity contribution in [3.63, 3.8) is 0 Å². The van der Waals surface area contributed by atoms with Gasteiger partial charge in [-0.1, -0.05) is 29.5 Å². The van der Waals surface area contributed by atoms with Gasteiger partial charge >= 0.3 is 0 Å². The number of fused-ring (bicyclic) bond motifs is 1. The van der Waals surface area contributed by atoms with E-state index in [0.29, 0.717) is 24.5 Å². The summed E-state index contributed by atoms with van der Waals surface area (Å²) in [7, 11) is 1.63. The Balaban J connectivity index is 0.000000491. The minimum absolute atomic E-state index is 0.0289. The summed E-state index contributed by atoms with van der Waals surface area (Å²) in [6.07, 6.45) is 3.50. The molecule has 2 N–H and O–H groups in total. The molecule has 0 saturated heterocycles. The van der Waals surface area contributed by atoms with E-state index in [2.05, 4.69) is 39.2 Å². The van der Waals surface area contributed by atoms with Crippen molar-refractivity contribution in [2.75, 3.05) is 20.3 Å². The van der Waals surface area contributed by atoms with Crippen LogP contribution in [0.25, 0.3) is 21.1 Å². The molecule has 0 saturated carbocycles. The first kappa shape index (κ1) is 22.9. The maximum atomic E-state index is 9.43. The molecule has 0 atom stereocenters. The van der Waals surface area contributed by atoms with Gasteiger partial charge in [0.25, 0.3) is 0 Å². The van der Waals surface area contributed by atoms with Gasteiger partial charge in [0.1, 0.15) is 21.8 Å². The number of benzene rings is 2. The van der Waals surface area contributed by atoms with Crippen molar-refractivity contribution >= 4 is 11.3 Å². The molecule has 0 radical (unpaired) electrons. The lowest BCUT2D eigenvalue weighted by molar-refractivity contribution is 0.207. The lowest BCUT2D eigenvalue weighted by Crippen LogP contribution is -2.06. The molecule has 1 aromatic heterocycles. The van der Waals surface area contributed by atoms with Crippen LogP contribution in [-0.4, -0.2) is 36.6 Å². The third kappa shape index (κ3) is 5.67. The first-order chi connectivity index (χ1) is 15.1. The molecular formula is C24H28N4O2S. The van der Waals surface area contributed by atoms with E-state index in [1.54, 1.807) is 18.4 Å². The summed E-state index contributed by atoms with van der Waals surface area (Å²) in [5, 5.41) is 20.0. The molecule has 4 rings (SSSR count). The summed E-state index contributed by atoms with van der Waals surface area (Å²) in [6.45, 7) is 5.19. The summed E-state index contributed by atoms with van der Waals surface area (Å²) in [5.74, 6) is 0.608. The van der Waals surface area contributed by atoms with Crippen LogP contribution >= 0.6 is 11.3 Å². The SMILES string of the molecule is CC(C)Oc1ccc(-c2nnc(-c3cccc4c3CCC4)s2)cc1C#N.COCCN. The normalized spacial score (nSPS) is 12.1. The molecule has 1 heterocycles. The maximum Gasteiger partial charge on any atom is 0.148 e. The molecule has 0 bridgehead atoms. The van der Waals surface area contributed by atoms with Gasteiger partial charge in [-0.15, -0.1) is 10.2 Å². The van der Waals surface area contributed by atoms with Gasteiger partial charge in [0.2, 0.25) is 0 Å². The smallest absolute Gasteiger partial charge is 0.148 e. The number of methoxy groups -OCH3 is 1. The Hall–Kier alpha value is -2.79. The van der Waals surface area contributed by atoms with Gasteiger partial charge in [-0.05, 0) is 62.4 Å². The molecule has 2 aromatic carbocycles. The Morgan fingerprint density at radius 1 is 1.16 bits per heavy atom. The molecule has 0 spiro atoms. The van der Waals surface area contributed by atoms with Crippen LogP contribution in [0.3, 0.4) is 0 Å². The highest BCUT2D eigenvalue weighted by Crippen LogP contribution is 2.37. The quantitative estimate of drug-likeness (QED) is 0.606. The van der Waals surface area contributed by atoms with Crippen LogP contribution in [0.15, 0.2) is 36.4 Å². The number of nitriles is 1. The number of hydrogen-bond donors (Lipinski definition) is 1. The lowest BCUT2D eigenvalue weighted by Gasteiger charge is -2.11. The Morgan fingerprint density at radius 2 is 1.97 bits per heavy atom. The van der Waals surface area contributed by atoms with Gasteiger partial charge in [-0.25, -0.2) is 0 Å². The van der Waals surface area contributed by atoms with Crippen LogP contribution in [0.5, 0.6) is 5.75 Å². The summed E-state index contributed by atoms with van der Waals surface area (Å²) in [4.78, 5) is 0. The molecule has 6 nitrogen and oxygen atoms in total. The summed E-state index contributed by atoms with van der Waals surface area (Å²) >= 11 is 1.57. The molecule has 162 valence electrons. The fraction of sp³-hybridized carbons (Fsp3) is 0.375. The van der Waals surface area contributed by atoms with Crippen LogP contribution < -0.4 is 10.5 Å². The van der Waals surface area contributed by atoms with E-state index in [4.69, 9.17) is 10.5 Å². The van der Waals surface area contributed by atoms with Crippen molar-refractivity contribution in [1.29, 1.82) is 5.26 Å². The van der Waals surface area contributed by atoms with Crippen LogP contribution in [0.1, 0.15) is 37.0 Å². The van der Waals surface area contributed by atoms with Gasteiger partial charge in [-0.3, -0.25) is 0 Å². The molecule has 0 amide bonds. The van der Waals surface area contributed by atoms with Crippen LogP contribution in [-0.2, 0) is 17.6 Å². The van der Waals surface area contributed by atoms with Crippen LogP contribution in [0.4, 0.5) is 0 Å².